The highest BCUT2D eigenvalue weighted by Gasteiger charge is 2.55. The number of benzene rings is 1. The zero-order valence-electron chi connectivity index (χ0n) is 15.8. The summed E-state index contributed by atoms with van der Waals surface area (Å²) in [5, 5.41) is 61.8. The third-order valence-electron chi connectivity index (χ3n) is 4.20. The predicted octanol–water partition coefficient (Wildman–Crippen LogP) is -1.73. The molecule has 10 heteroatoms. The van der Waals surface area contributed by atoms with Gasteiger partial charge in [0.05, 0.1) is 13.2 Å². The van der Waals surface area contributed by atoms with E-state index in [0.29, 0.717) is 12.2 Å². The van der Waals surface area contributed by atoms with Gasteiger partial charge in [0, 0.05) is 12.5 Å². The van der Waals surface area contributed by atoms with Crippen LogP contribution in [0.25, 0.3) is 0 Å². The Morgan fingerprint density at radius 2 is 1.71 bits per heavy atom. The molecule has 1 unspecified atom stereocenters. The summed E-state index contributed by atoms with van der Waals surface area (Å²) in [6.45, 7) is 3.42. The fourth-order valence-electron chi connectivity index (χ4n) is 2.74. The summed E-state index contributed by atoms with van der Waals surface area (Å²) in [4.78, 5) is 0. The first-order valence-electron chi connectivity index (χ1n) is 9.07. The molecule has 28 heavy (non-hydrogen) atoms. The van der Waals surface area contributed by atoms with E-state index in [0.717, 1.165) is 0 Å². The van der Waals surface area contributed by atoms with E-state index in [9.17, 15) is 30.6 Å². The van der Waals surface area contributed by atoms with Crippen LogP contribution in [0.5, 0.6) is 11.5 Å². The Morgan fingerprint density at radius 3 is 2.29 bits per heavy atom. The number of hydrogen-bond donors (Lipinski definition) is 7. The summed E-state index contributed by atoms with van der Waals surface area (Å²) >= 11 is 0. The van der Waals surface area contributed by atoms with E-state index >= 15 is 0 Å². The van der Waals surface area contributed by atoms with Gasteiger partial charge >= 0.3 is 5.97 Å². The molecule has 0 aromatic heterocycles. The second-order valence-corrected chi connectivity index (χ2v) is 6.94. The van der Waals surface area contributed by atoms with Gasteiger partial charge in [-0.05, 0) is 38.1 Å². The minimum absolute atomic E-state index is 0.0932. The van der Waals surface area contributed by atoms with Crippen LogP contribution in [0.2, 0.25) is 0 Å². The summed E-state index contributed by atoms with van der Waals surface area (Å²) in [6.07, 6.45) is -6.94. The number of nitrogens with one attached hydrogen (secondary N) is 1. The molecule has 1 fully saturated rings. The lowest BCUT2D eigenvalue weighted by Crippen LogP contribution is -2.67. The average Bonchev–Trinajstić information content (AvgIpc) is 2.64. The summed E-state index contributed by atoms with van der Waals surface area (Å²) in [5.41, 5.74) is 0. The fraction of sp³-hybridized carbons (Fsp3) is 0.667. The maximum Gasteiger partial charge on any atom is 0.355 e. The maximum atomic E-state index is 10.4. The molecule has 0 saturated carbocycles. The van der Waals surface area contributed by atoms with Crippen molar-refractivity contribution in [1.82, 2.24) is 5.32 Å². The third kappa shape index (κ3) is 5.75. The van der Waals surface area contributed by atoms with Crippen LogP contribution in [-0.4, -0.2) is 86.5 Å². The van der Waals surface area contributed by atoms with Gasteiger partial charge < -0.3 is 44.8 Å². The van der Waals surface area contributed by atoms with Crippen LogP contribution in [0.15, 0.2) is 24.3 Å². The van der Waals surface area contributed by atoms with Crippen molar-refractivity contribution in [2.75, 3.05) is 13.2 Å². The van der Waals surface area contributed by atoms with Gasteiger partial charge in [0.15, 0.2) is 6.10 Å². The van der Waals surface area contributed by atoms with Crippen LogP contribution in [-0.2, 0) is 4.74 Å². The first-order valence-corrected chi connectivity index (χ1v) is 9.07. The Bertz CT molecular complexity index is 597. The molecule has 1 aromatic carbocycles. The second-order valence-electron chi connectivity index (χ2n) is 6.94. The van der Waals surface area contributed by atoms with Crippen LogP contribution < -0.4 is 14.8 Å². The largest absolute Gasteiger partial charge is 0.493 e. The molecule has 0 amide bonds. The SMILES string of the molecule is CC(C)NC(O)CCOc1ccc(O[C@@]2(O)O[C@H](CO)[C@@H](O)[C@H](O)[C@H]2O)cc1. The highest BCUT2D eigenvalue weighted by Crippen LogP contribution is 2.31. The zero-order chi connectivity index (χ0) is 20.9. The molecule has 1 heterocycles. The van der Waals surface area contributed by atoms with Crippen LogP contribution >= 0.6 is 0 Å². The van der Waals surface area contributed by atoms with Gasteiger partial charge in [0.25, 0.3) is 0 Å². The molecular weight excluding hydrogens is 374 g/mol. The van der Waals surface area contributed by atoms with Crippen molar-refractivity contribution in [2.45, 2.75) is 62.9 Å². The number of rotatable bonds is 9. The van der Waals surface area contributed by atoms with E-state index in [4.69, 9.17) is 14.2 Å². The minimum atomic E-state index is -2.65. The van der Waals surface area contributed by atoms with Crippen molar-refractivity contribution >= 4 is 0 Å². The molecule has 1 aliphatic rings. The fourth-order valence-corrected chi connectivity index (χ4v) is 2.74. The highest BCUT2D eigenvalue weighted by molar-refractivity contribution is 5.31. The summed E-state index contributed by atoms with van der Waals surface area (Å²) < 4.78 is 15.8. The quantitative estimate of drug-likeness (QED) is 0.236. The van der Waals surface area contributed by atoms with Gasteiger partial charge in [-0.2, -0.15) is 0 Å². The molecule has 0 aliphatic carbocycles. The standard InChI is InChI=1S/C18H29NO9/c1-10(2)19-14(21)7-8-26-11-3-5-12(6-4-11)27-18(25)17(24)16(23)15(22)13(9-20)28-18/h3-6,10,13-17,19-25H,7-9H2,1-2H3/t13-,14?,15-,16+,17-,18-/m1/s1. The number of aliphatic hydroxyl groups excluding tert-OH is 5. The van der Waals surface area contributed by atoms with Crippen molar-refractivity contribution < 1.29 is 44.8 Å². The van der Waals surface area contributed by atoms with Crippen molar-refractivity contribution in [1.29, 1.82) is 0 Å². The third-order valence-corrected chi connectivity index (χ3v) is 4.20. The van der Waals surface area contributed by atoms with Gasteiger partial charge in [-0.3, -0.25) is 5.32 Å². The van der Waals surface area contributed by atoms with E-state index in [1.807, 2.05) is 13.8 Å². The highest BCUT2D eigenvalue weighted by atomic mass is 16.8. The van der Waals surface area contributed by atoms with E-state index in [1.165, 1.54) is 12.1 Å². The Morgan fingerprint density at radius 1 is 1.11 bits per heavy atom. The molecule has 0 radical (unpaired) electrons. The molecule has 1 aromatic rings. The minimum Gasteiger partial charge on any atom is -0.493 e. The monoisotopic (exact) mass is 403 g/mol. The lowest BCUT2D eigenvalue weighted by atomic mass is 9.98. The smallest absolute Gasteiger partial charge is 0.355 e. The normalized spacial score (nSPS) is 31.6. The van der Waals surface area contributed by atoms with Crippen LogP contribution in [0.4, 0.5) is 0 Å². The molecule has 6 atom stereocenters. The predicted molar refractivity (Wildman–Crippen MR) is 96.4 cm³/mol. The van der Waals surface area contributed by atoms with Crippen molar-refractivity contribution in [2.24, 2.45) is 0 Å². The lowest BCUT2D eigenvalue weighted by Gasteiger charge is -2.44. The van der Waals surface area contributed by atoms with Gasteiger partial charge in [-0.1, -0.05) is 0 Å². The van der Waals surface area contributed by atoms with E-state index < -0.39 is 43.2 Å². The van der Waals surface area contributed by atoms with Crippen molar-refractivity contribution in [3.05, 3.63) is 24.3 Å². The molecule has 0 spiro atoms. The summed E-state index contributed by atoms with van der Waals surface area (Å²) in [7, 11) is 0. The van der Waals surface area contributed by atoms with Crippen LogP contribution in [0, 0.1) is 0 Å². The van der Waals surface area contributed by atoms with Gasteiger partial charge in [-0.15, -0.1) is 0 Å². The van der Waals surface area contributed by atoms with Gasteiger partial charge in [0.1, 0.15) is 36.0 Å². The first-order chi connectivity index (χ1) is 13.2. The van der Waals surface area contributed by atoms with Crippen LogP contribution in [0.3, 0.4) is 0 Å². The zero-order valence-corrected chi connectivity index (χ0v) is 15.8. The Hall–Kier alpha value is -1.50. The molecule has 0 bridgehead atoms. The maximum absolute atomic E-state index is 10.4. The van der Waals surface area contributed by atoms with Crippen molar-refractivity contribution in [3.63, 3.8) is 0 Å². The Balaban J connectivity index is 1.92. The molecular formula is C18H29NO9. The number of aliphatic hydroxyl groups is 6. The number of hydrogen-bond acceptors (Lipinski definition) is 10. The Labute approximate surface area is 162 Å². The average molecular weight is 403 g/mol. The van der Waals surface area contributed by atoms with E-state index in [1.54, 1.807) is 12.1 Å². The molecule has 2 rings (SSSR count). The molecule has 7 N–H and O–H groups in total. The second kappa shape index (κ2) is 9.81. The van der Waals surface area contributed by atoms with E-state index in [-0.39, 0.29) is 18.4 Å². The molecule has 1 aliphatic heterocycles. The number of ether oxygens (including phenoxy) is 3. The first kappa shape index (κ1) is 22.8. The summed E-state index contributed by atoms with van der Waals surface area (Å²) in [6, 6.07) is 6.13. The van der Waals surface area contributed by atoms with E-state index in [2.05, 4.69) is 5.32 Å². The lowest BCUT2D eigenvalue weighted by molar-refractivity contribution is -0.422. The Kier molecular flexibility index (Phi) is 7.98. The molecule has 160 valence electrons. The topological polar surface area (TPSA) is 161 Å². The molecule has 10 nitrogen and oxygen atoms in total. The van der Waals surface area contributed by atoms with Crippen molar-refractivity contribution in [3.8, 4) is 11.5 Å². The molecule has 1 saturated heterocycles. The van der Waals surface area contributed by atoms with Gasteiger partial charge in [0.2, 0.25) is 0 Å². The van der Waals surface area contributed by atoms with Gasteiger partial charge in [-0.25, -0.2) is 0 Å². The summed E-state index contributed by atoms with van der Waals surface area (Å²) in [5.74, 6) is -2.07. The van der Waals surface area contributed by atoms with Crippen LogP contribution in [0.1, 0.15) is 20.3 Å².